The van der Waals surface area contributed by atoms with Gasteiger partial charge < -0.3 is 9.62 Å². The average Bonchev–Trinajstić information content (AvgIpc) is 2.65. The van der Waals surface area contributed by atoms with E-state index in [0.29, 0.717) is 5.92 Å². The summed E-state index contributed by atoms with van der Waals surface area (Å²) in [7, 11) is 4.00. The van der Waals surface area contributed by atoms with Crippen molar-refractivity contribution in [3.8, 4) is 0 Å². The minimum atomic E-state index is 0. The van der Waals surface area contributed by atoms with E-state index in [1.165, 1.54) is 5.56 Å². The van der Waals surface area contributed by atoms with Gasteiger partial charge in [0.2, 0.25) is 0 Å². The van der Waals surface area contributed by atoms with Crippen LogP contribution in [0.1, 0.15) is 25.3 Å². The Morgan fingerprint density at radius 3 is 2.44 bits per heavy atom. The van der Waals surface area contributed by atoms with Crippen LogP contribution in [-0.4, -0.2) is 24.4 Å². The molecule has 0 bridgehead atoms. The summed E-state index contributed by atoms with van der Waals surface area (Å²) in [5, 5.41) is 0. The van der Waals surface area contributed by atoms with E-state index in [0.717, 1.165) is 5.82 Å². The predicted octanol–water partition coefficient (Wildman–Crippen LogP) is 1.96. The van der Waals surface area contributed by atoms with Crippen LogP contribution in [0.25, 0.3) is 0 Å². The van der Waals surface area contributed by atoms with Crippen LogP contribution in [0.4, 0.5) is 5.82 Å². The summed E-state index contributed by atoms with van der Waals surface area (Å²) in [5.41, 5.74) is 1.27. The quantitative estimate of drug-likeness (QED) is 0.718. The van der Waals surface area contributed by atoms with E-state index < -0.39 is 0 Å². The van der Waals surface area contributed by atoms with E-state index in [1.54, 1.807) is 0 Å². The Bertz CT molecular complexity index is 364. The number of pyridine rings is 1. The Labute approximate surface area is 111 Å². The van der Waals surface area contributed by atoms with Crippen molar-refractivity contribution >= 4 is 13.4 Å². The molecule has 16 heavy (non-hydrogen) atoms. The Kier molecular flexibility index (Phi) is 4.57. The molecule has 0 saturated heterocycles. The van der Waals surface area contributed by atoms with Crippen molar-refractivity contribution in [2.75, 3.05) is 11.9 Å². The van der Waals surface area contributed by atoms with E-state index in [1.807, 2.05) is 42.8 Å². The Balaban J connectivity index is 0.00000128. The van der Waals surface area contributed by atoms with Crippen LogP contribution in [0, 0.1) is 0 Å². The first kappa shape index (κ1) is 13.3. The van der Waals surface area contributed by atoms with Gasteiger partial charge in [-0.05, 0) is 24.6 Å². The molecule has 0 spiro atoms. The minimum absolute atomic E-state index is 0. The molecule has 1 aromatic rings. The fraction of sp³-hybridized carbons (Fsp3) is 0.364. The largest absolute Gasteiger partial charge is 0.406 e. The van der Waals surface area contributed by atoms with Gasteiger partial charge in [-0.3, -0.25) is 0 Å². The van der Waals surface area contributed by atoms with Gasteiger partial charge in [-0.25, -0.2) is 4.98 Å². The first-order chi connectivity index (χ1) is 7.16. The molecule has 0 atom stereocenters. The third-order valence-corrected chi connectivity index (χ3v) is 2.47. The maximum atomic E-state index is 4.43. The topological polar surface area (TPSA) is 19.4 Å². The van der Waals surface area contributed by atoms with Crippen molar-refractivity contribution < 1.29 is 20.1 Å². The van der Waals surface area contributed by atoms with Gasteiger partial charge in [0, 0.05) is 38.7 Å². The van der Waals surface area contributed by atoms with E-state index >= 15 is 0 Å². The summed E-state index contributed by atoms with van der Waals surface area (Å²) in [6.07, 6.45) is 5.94. The van der Waals surface area contributed by atoms with Crippen molar-refractivity contribution in [1.29, 1.82) is 0 Å². The zero-order valence-corrected chi connectivity index (χ0v) is 12.1. The maximum Gasteiger partial charge on any atom is 0.396 e. The number of hydrogen-bond acceptors (Lipinski definition) is 3. The van der Waals surface area contributed by atoms with Crippen molar-refractivity contribution in [2.24, 2.45) is 0 Å². The molecule has 0 fully saturated rings. The monoisotopic (exact) mass is 393 g/mol. The fourth-order valence-electron chi connectivity index (χ4n) is 1.48. The average molecular weight is 392 g/mol. The van der Waals surface area contributed by atoms with Gasteiger partial charge in [0.1, 0.15) is 5.82 Å². The second kappa shape index (κ2) is 5.51. The molecule has 0 N–H and O–H groups in total. The summed E-state index contributed by atoms with van der Waals surface area (Å²) in [6.45, 7) is 4.35. The molecular formula is C11H15BIrN3. The molecule has 3 nitrogen and oxygen atoms in total. The number of nitrogens with zero attached hydrogens (tertiary/aromatic N) is 3. The molecule has 1 aliphatic heterocycles. The molecular weight excluding hydrogens is 377 g/mol. The van der Waals surface area contributed by atoms with Crippen LogP contribution in [0.2, 0.25) is 0 Å². The molecule has 2 radical (unpaired) electrons. The van der Waals surface area contributed by atoms with Gasteiger partial charge in [-0.15, -0.1) is 0 Å². The summed E-state index contributed by atoms with van der Waals surface area (Å²) in [6, 6.07) is 4.18. The smallest absolute Gasteiger partial charge is 0.396 e. The van der Waals surface area contributed by atoms with Crippen LogP contribution in [-0.2, 0) is 20.1 Å². The summed E-state index contributed by atoms with van der Waals surface area (Å²) >= 11 is 0. The zero-order valence-electron chi connectivity index (χ0n) is 9.72. The Morgan fingerprint density at radius 1 is 1.25 bits per heavy atom. The molecule has 1 aromatic heterocycles. The Morgan fingerprint density at radius 2 is 2.00 bits per heavy atom. The van der Waals surface area contributed by atoms with Crippen LogP contribution >= 0.6 is 0 Å². The van der Waals surface area contributed by atoms with Crippen molar-refractivity contribution in [1.82, 2.24) is 9.79 Å². The molecule has 0 saturated carbocycles. The second-order valence-corrected chi connectivity index (χ2v) is 4.09. The summed E-state index contributed by atoms with van der Waals surface area (Å²) in [4.78, 5) is 8.44. The molecule has 5 heteroatoms. The van der Waals surface area contributed by atoms with Gasteiger partial charge in [-0.2, -0.15) is 0 Å². The van der Waals surface area contributed by atoms with Gasteiger partial charge in [0.25, 0.3) is 0 Å². The van der Waals surface area contributed by atoms with Gasteiger partial charge in [-0.1, -0.05) is 19.9 Å². The van der Waals surface area contributed by atoms with Crippen molar-refractivity contribution in [2.45, 2.75) is 19.8 Å². The van der Waals surface area contributed by atoms with Crippen LogP contribution in [0.15, 0.2) is 30.7 Å². The first-order valence-corrected chi connectivity index (χ1v) is 5.16. The number of rotatable bonds is 2. The van der Waals surface area contributed by atoms with E-state index in [9.17, 15) is 0 Å². The third-order valence-electron chi connectivity index (χ3n) is 2.47. The Hall–Kier alpha value is -0.796. The summed E-state index contributed by atoms with van der Waals surface area (Å²) in [5.74, 6) is 1.49. The van der Waals surface area contributed by atoms with Crippen LogP contribution < -0.4 is 4.81 Å². The predicted molar refractivity (Wildman–Crippen MR) is 63.5 cm³/mol. The van der Waals surface area contributed by atoms with Crippen LogP contribution in [0.3, 0.4) is 0 Å². The fourth-order valence-corrected chi connectivity index (χ4v) is 1.48. The van der Waals surface area contributed by atoms with E-state index in [2.05, 4.69) is 31.0 Å². The number of aromatic nitrogens is 1. The SMILES string of the molecule is CC(C)c1ccc(N2[B]N(C)C=C2)nc1.[Ir]. The first-order valence-electron chi connectivity index (χ1n) is 5.16. The molecule has 1 aliphatic rings. The summed E-state index contributed by atoms with van der Waals surface area (Å²) < 4.78 is 0. The van der Waals surface area contributed by atoms with Crippen molar-refractivity contribution in [3.05, 3.63) is 36.3 Å². The number of hydrogen-bond donors (Lipinski definition) is 0. The van der Waals surface area contributed by atoms with Crippen LogP contribution in [0.5, 0.6) is 0 Å². The third kappa shape index (κ3) is 2.86. The standard InChI is InChI=1S/C11H15BN3.Ir/c1-9(2)10-4-5-11(13-8-10)15-7-6-14(3)12-15;/h4-9H,1-3H3;. The number of anilines is 1. The molecule has 2 heterocycles. The molecule has 0 aromatic carbocycles. The van der Waals surface area contributed by atoms with Gasteiger partial charge >= 0.3 is 7.55 Å². The molecule has 0 unspecified atom stereocenters. The van der Waals surface area contributed by atoms with E-state index in [4.69, 9.17) is 0 Å². The molecule has 2 rings (SSSR count). The van der Waals surface area contributed by atoms with E-state index in [-0.39, 0.29) is 20.1 Å². The van der Waals surface area contributed by atoms with Crippen molar-refractivity contribution in [3.63, 3.8) is 0 Å². The minimum Gasteiger partial charge on any atom is -0.406 e. The zero-order chi connectivity index (χ0) is 10.8. The van der Waals surface area contributed by atoms with Gasteiger partial charge in [0.05, 0.1) is 0 Å². The second-order valence-electron chi connectivity index (χ2n) is 4.09. The molecule has 86 valence electrons. The molecule has 0 aliphatic carbocycles. The normalized spacial score (nSPS) is 14.0. The molecule has 0 amide bonds. The maximum absolute atomic E-state index is 4.43. The van der Waals surface area contributed by atoms with Gasteiger partial charge in [0.15, 0.2) is 0 Å².